The molecule has 2 aromatic heterocycles. The van der Waals surface area contributed by atoms with Gasteiger partial charge in [0.15, 0.2) is 11.5 Å². The Hall–Kier alpha value is -5.56. The molecule has 0 radical (unpaired) electrons. The fraction of sp³-hybridized carbons (Fsp3) is 0.250. The summed E-state index contributed by atoms with van der Waals surface area (Å²) in [6.07, 6.45) is 10.4. The molecule has 45 heavy (non-hydrogen) atoms. The van der Waals surface area contributed by atoms with E-state index < -0.39 is 6.04 Å². The van der Waals surface area contributed by atoms with Crippen LogP contribution >= 0.6 is 0 Å². The second-order valence-corrected chi connectivity index (χ2v) is 10.4. The number of hydrogen-bond donors (Lipinski definition) is 2. The quantitative estimate of drug-likeness (QED) is 0.283. The van der Waals surface area contributed by atoms with Crippen molar-refractivity contribution in [2.45, 2.75) is 12.5 Å². The number of nitrogens with zero attached hydrogens (tertiary/aromatic N) is 7. The molecule has 13 nitrogen and oxygen atoms in total. The number of morpholine rings is 1. The van der Waals surface area contributed by atoms with E-state index >= 15 is 0 Å². The van der Waals surface area contributed by atoms with Crippen molar-refractivity contribution in [3.05, 3.63) is 94.4 Å². The van der Waals surface area contributed by atoms with Crippen molar-refractivity contribution in [2.75, 3.05) is 56.9 Å². The van der Waals surface area contributed by atoms with Crippen LogP contribution in [0, 0.1) is 0 Å². The fourth-order valence-corrected chi connectivity index (χ4v) is 5.41. The number of nitrogens with two attached hydrogens (primary N) is 2. The van der Waals surface area contributed by atoms with E-state index in [1.807, 2.05) is 36.4 Å². The number of nitrogen functional groups attached to an aromatic ring is 2. The van der Waals surface area contributed by atoms with Gasteiger partial charge in [0, 0.05) is 66.4 Å². The van der Waals surface area contributed by atoms with Gasteiger partial charge in [-0.05, 0) is 29.3 Å². The van der Waals surface area contributed by atoms with E-state index in [1.165, 1.54) is 11.1 Å². The lowest BCUT2D eigenvalue weighted by Crippen LogP contribution is -2.37. The third kappa shape index (κ3) is 6.24. The molecule has 1 amide bonds. The second kappa shape index (κ2) is 13.0. The first kappa shape index (κ1) is 29.5. The molecule has 4 aromatic rings. The van der Waals surface area contributed by atoms with Crippen LogP contribution in [-0.2, 0) is 16.0 Å². The monoisotopic (exact) mass is 607 g/mol. The minimum absolute atomic E-state index is 0.103. The highest BCUT2D eigenvalue weighted by Crippen LogP contribution is 2.36. The van der Waals surface area contributed by atoms with E-state index in [4.69, 9.17) is 25.7 Å². The van der Waals surface area contributed by atoms with Gasteiger partial charge < -0.3 is 30.6 Å². The molecule has 1 fully saturated rings. The lowest BCUT2D eigenvalue weighted by Gasteiger charge is -2.31. The molecule has 6 rings (SSSR count). The van der Waals surface area contributed by atoms with Crippen molar-refractivity contribution in [3.63, 3.8) is 0 Å². The third-order valence-electron chi connectivity index (χ3n) is 7.63. The number of ether oxygens (including phenoxy) is 3. The maximum atomic E-state index is 13.8. The van der Waals surface area contributed by atoms with E-state index in [1.54, 1.807) is 45.1 Å². The Labute approximate surface area is 260 Å². The van der Waals surface area contributed by atoms with E-state index in [0.29, 0.717) is 54.0 Å². The molecule has 0 saturated carbocycles. The van der Waals surface area contributed by atoms with Crippen LogP contribution in [0.4, 0.5) is 17.7 Å². The summed E-state index contributed by atoms with van der Waals surface area (Å²) >= 11 is 0. The molecule has 13 heteroatoms. The molecule has 2 aliphatic heterocycles. The summed E-state index contributed by atoms with van der Waals surface area (Å²) in [4.78, 5) is 33.3. The zero-order valence-corrected chi connectivity index (χ0v) is 25.0. The van der Waals surface area contributed by atoms with Crippen LogP contribution in [0.15, 0.2) is 66.2 Å². The van der Waals surface area contributed by atoms with Gasteiger partial charge in [0.25, 0.3) is 5.91 Å². The Kier molecular flexibility index (Phi) is 8.51. The summed E-state index contributed by atoms with van der Waals surface area (Å²) < 4.78 is 16.7. The number of carbonyl (C=O) groups excluding carboxylic acids is 1. The fourth-order valence-electron chi connectivity index (χ4n) is 5.41. The Morgan fingerprint density at radius 3 is 2.56 bits per heavy atom. The van der Waals surface area contributed by atoms with Gasteiger partial charge in [-0.1, -0.05) is 24.3 Å². The summed E-state index contributed by atoms with van der Waals surface area (Å²) in [5, 5.41) is 5.99. The molecule has 230 valence electrons. The SMILES string of the molecule is COc1cc(Cc2cnc(N)nc2N)cc(/C=C/C(=O)N2N=Cc3ccccc3[C@H]2c2cnc(N3CCOCC3)nc2)c1OC. The number of rotatable bonds is 8. The van der Waals surface area contributed by atoms with Crippen molar-refractivity contribution in [1.29, 1.82) is 0 Å². The van der Waals surface area contributed by atoms with E-state index in [9.17, 15) is 4.79 Å². The van der Waals surface area contributed by atoms with Crippen LogP contribution in [0.5, 0.6) is 11.5 Å². The van der Waals surface area contributed by atoms with Crippen LogP contribution in [0.1, 0.15) is 39.4 Å². The van der Waals surface area contributed by atoms with Gasteiger partial charge in [0.1, 0.15) is 11.9 Å². The number of aromatic nitrogens is 4. The summed E-state index contributed by atoms with van der Waals surface area (Å²) in [5.41, 5.74) is 16.5. The first-order valence-electron chi connectivity index (χ1n) is 14.4. The van der Waals surface area contributed by atoms with E-state index in [-0.39, 0.29) is 11.9 Å². The number of methoxy groups -OCH3 is 2. The normalized spacial score (nSPS) is 16.1. The average molecular weight is 608 g/mol. The molecule has 2 aromatic carbocycles. The molecule has 0 aliphatic carbocycles. The summed E-state index contributed by atoms with van der Waals surface area (Å²) in [6, 6.07) is 11.0. The van der Waals surface area contributed by atoms with E-state index in [0.717, 1.165) is 35.3 Å². The Morgan fingerprint density at radius 2 is 1.82 bits per heavy atom. The number of anilines is 3. The highest BCUT2D eigenvalue weighted by molar-refractivity contribution is 5.95. The van der Waals surface area contributed by atoms with Gasteiger partial charge in [-0.3, -0.25) is 4.79 Å². The van der Waals surface area contributed by atoms with Gasteiger partial charge in [-0.25, -0.2) is 20.0 Å². The molecule has 2 aliphatic rings. The number of hydrazone groups is 1. The first-order valence-corrected chi connectivity index (χ1v) is 14.4. The summed E-state index contributed by atoms with van der Waals surface area (Å²) in [5.74, 6) is 1.65. The third-order valence-corrected chi connectivity index (χ3v) is 7.63. The number of amides is 1. The van der Waals surface area contributed by atoms with Crippen molar-refractivity contribution in [3.8, 4) is 11.5 Å². The molecule has 0 spiro atoms. The first-order chi connectivity index (χ1) is 21.9. The van der Waals surface area contributed by atoms with Gasteiger partial charge in [-0.15, -0.1) is 0 Å². The van der Waals surface area contributed by atoms with Crippen molar-refractivity contribution < 1.29 is 19.0 Å². The van der Waals surface area contributed by atoms with Crippen LogP contribution in [0.3, 0.4) is 0 Å². The Morgan fingerprint density at radius 1 is 1.04 bits per heavy atom. The molecular weight excluding hydrogens is 574 g/mol. The van der Waals surface area contributed by atoms with Crippen molar-refractivity contribution in [1.82, 2.24) is 24.9 Å². The van der Waals surface area contributed by atoms with Gasteiger partial charge in [-0.2, -0.15) is 10.1 Å². The molecule has 4 heterocycles. The zero-order valence-electron chi connectivity index (χ0n) is 25.0. The topological polar surface area (TPSA) is 167 Å². The Bertz CT molecular complexity index is 1750. The molecule has 1 atom stereocenters. The minimum Gasteiger partial charge on any atom is -0.493 e. The predicted molar refractivity (Wildman–Crippen MR) is 170 cm³/mol. The molecule has 0 unspecified atom stereocenters. The Balaban J connectivity index is 1.31. The zero-order chi connectivity index (χ0) is 31.3. The van der Waals surface area contributed by atoms with Gasteiger partial charge in [0.05, 0.1) is 33.6 Å². The standard InChI is InChI=1S/C32H33N9O4/c1-43-26-15-20(14-23-16-35-31(34)39-30(23)33)13-21(29(26)44-2)7-8-27(42)41-28(25-6-4-3-5-22(25)19-38-41)24-17-36-32(37-18-24)40-9-11-45-12-10-40/h3-8,13,15-19,28H,9-12,14H2,1-2H3,(H4,33,34,35,39)/b8-7+/t28-/m1/s1. The molecule has 1 saturated heterocycles. The number of hydrogen-bond acceptors (Lipinski definition) is 12. The molecule has 0 bridgehead atoms. The van der Waals surface area contributed by atoms with Crippen LogP contribution in [-0.4, -0.2) is 77.6 Å². The maximum absolute atomic E-state index is 13.8. The lowest BCUT2D eigenvalue weighted by atomic mass is 9.94. The minimum atomic E-state index is -0.529. The van der Waals surface area contributed by atoms with Gasteiger partial charge in [0.2, 0.25) is 11.9 Å². The van der Waals surface area contributed by atoms with Crippen molar-refractivity contribution in [2.24, 2.45) is 5.10 Å². The van der Waals surface area contributed by atoms with Crippen molar-refractivity contribution >= 4 is 35.9 Å². The number of fused-ring (bicyclic) bond motifs is 1. The maximum Gasteiger partial charge on any atom is 0.267 e. The van der Waals surface area contributed by atoms with Crippen LogP contribution in [0.2, 0.25) is 0 Å². The van der Waals surface area contributed by atoms with Crippen LogP contribution < -0.4 is 25.8 Å². The predicted octanol–water partition coefficient (Wildman–Crippen LogP) is 2.85. The lowest BCUT2D eigenvalue weighted by molar-refractivity contribution is -0.127. The molecule has 4 N–H and O–H groups in total. The second-order valence-electron chi connectivity index (χ2n) is 10.4. The summed E-state index contributed by atoms with van der Waals surface area (Å²) in [6.45, 7) is 2.71. The van der Waals surface area contributed by atoms with E-state index in [2.05, 4.69) is 29.9 Å². The number of benzene rings is 2. The molecular formula is C32H33N9O4. The smallest absolute Gasteiger partial charge is 0.267 e. The highest BCUT2D eigenvalue weighted by Gasteiger charge is 2.31. The highest BCUT2D eigenvalue weighted by atomic mass is 16.5. The average Bonchev–Trinajstić information content (AvgIpc) is 3.08. The largest absolute Gasteiger partial charge is 0.493 e. The van der Waals surface area contributed by atoms with Gasteiger partial charge >= 0.3 is 0 Å². The number of carbonyl (C=O) groups is 1. The van der Waals surface area contributed by atoms with Crippen LogP contribution in [0.25, 0.3) is 6.08 Å². The summed E-state index contributed by atoms with van der Waals surface area (Å²) in [7, 11) is 3.10.